The number of hydrogen-bond donors (Lipinski definition) is 0. The maximum atomic E-state index is 12.2. The Bertz CT molecular complexity index is 343. The summed E-state index contributed by atoms with van der Waals surface area (Å²) in [4.78, 5) is 12.2. The zero-order chi connectivity index (χ0) is 15.4. The van der Waals surface area contributed by atoms with Gasteiger partial charge >= 0.3 is 5.97 Å². The van der Waals surface area contributed by atoms with Crippen LogP contribution in [0.4, 0.5) is 0 Å². The molecule has 3 heteroatoms. The lowest BCUT2D eigenvalue weighted by molar-refractivity contribution is -0.160. The molecule has 3 atom stereocenters. The molecule has 0 heterocycles. The first-order chi connectivity index (χ1) is 9.22. The zero-order valence-electron chi connectivity index (χ0n) is 13.7. The summed E-state index contributed by atoms with van der Waals surface area (Å²) >= 11 is 0. The van der Waals surface area contributed by atoms with Crippen molar-refractivity contribution in [1.82, 2.24) is 0 Å². The topological polar surface area (TPSA) is 35.5 Å². The van der Waals surface area contributed by atoms with Crippen LogP contribution < -0.4 is 0 Å². The quantitative estimate of drug-likeness (QED) is 0.418. The van der Waals surface area contributed by atoms with Crippen LogP contribution in [0.5, 0.6) is 0 Å². The molecule has 0 unspecified atom stereocenters. The van der Waals surface area contributed by atoms with Crippen molar-refractivity contribution in [2.75, 3.05) is 6.61 Å². The van der Waals surface area contributed by atoms with Crippen molar-refractivity contribution in [2.24, 2.45) is 11.3 Å². The SMILES string of the molecule is C=C[C@]1(C)C[C@H](C(=O)OC(C)(C)C)C[C@H]1OCCCC. The first-order valence-corrected chi connectivity index (χ1v) is 7.70. The molecule has 0 aromatic carbocycles. The Balaban J connectivity index is 2.65. The molecule has 1 rings (SSSR count). The van der Waals surface area contributed by atoms with Crippen LogP contribution in [-0.4, -0.2) is 24.3 Å². The maximum absolute atomic E-state index is 12.2. The van der Waals surface area contributed by atoms with E-state index in [0.717, 1.165) is 32.3 Å². The fraction of sp³-hybridized carbons (Fsp3) is 0.824. The molecule has 0 aliphatic heterocycles. The summed E-state index contributed by atoms with van der Waals surface area (Å²) in [7, 11) is 0. The second kappa shape index (κ2) is 6.75. The summed E-state index contributed by atoms with van der Waals surface area (Å²) in [5, 5.41) is 0. The minimum absolute atomic E-state index is 0.0732. The van der Waals surface area contributed by atoms with Gasteiger partial charge in [0.25, 0.3) is 0 Å². The molecule has 0 spiro atoms. The summed E-state index contributed by atoms with van der Waals surface area (Å²) in [6.45, 7) is 14.7. The van der Waals surface area contributed by atoms with E-state index in [1.807, 2.05) is 26.8 Å². The average molecular weight is 282 g/mol. The fourth-order valence-corrected chi connectivity index (χ4v) is 2.68. The number of carbonyl (C=O) groups excluding carboxylic acids is 1. The van der Waals surface area contributed by atoms with Crippen LogP contribution in [-0.2, 0) is 14.3 Å². The predicted octanol–water partition coefficient (Wildman–Crippen LogP) is 4.12. The summed E-state index contributed by atoms with van der Waals surface area (Å²) in [5.74, 6) is -0.184. The van der Waals surface area contributed by atoms with Crippen LogP contribution in [0.1, 0.15) is 60.3 Å². The lowest BCUT2D eigenvalue weighted by Gasteiger charge is -2.27. The van der Waals surface area contributed by atoms with Gasteiger partial charge in [0, 0.05) is 12.0 Å². The van der Waals surface area contributed by atoms with Crippen LogP contribution in [0.3, 0.4) is 0 Å². The molecule has 20 heavy (non-hydrogen) atoms. The highest BCUT2D eigenvalue weighted by Crippen LogP contribution is 2.45. The molecule has 1 aliphatic rings. The Hall–Kier alpha value is -0.830. The van der Waals surface area contributed by atoms with E-state index in [0.29, 0.717) is 0 Å². The molecule has 0 bridgehead atoms. The molecule has 0 aromatic rings. The van der Waals surface area contributed by atoms with Crippen molar-refractivity contribution >= 4 is 5.97 Å². The van der Waals surface area contributed by atoms with Gasteiger partial charge in [0.15, 0.2) is 0 Å². The van der Waals surface area contributed by atoms with Crippen LogP contribution in [0.25, 0.3) is 0 Å². The first kappa shape index (κ1) is 17.2. The molecular formula is C17H30O3. The van der Waals surface area contributed by atoms with E-state index in [2.05, 4.69) is 20.4 Å². The van der Waals surface area contributed by atoms with Gasteiger partial charge in [-0.05, 0) is 40.0 Å². The molecule has 116 valence electrons. The largest absolute Gasteiger partial charge is 0.460 e. The standard InChI is InChI=1S/C17H30O3/c1-7-9-10-19-14-11-13(12-17(14,6)8-2)15(18)20-16(3,4)5/h8,13-14H,2,7,9-12H2,1,3-6H3/t13-,14-,17-/m1/s1. The van der Waals surface area contributed by atoms with Gasteiger partial charge in [-0.25, -0.2) is 0 Å². The van der Waals surface area contributed by atoms with Gasteiger partial charge in [-0.3, -0.25) is 4.79 Å². The van der Waals surface area contributed by atoms with Gasteiger partial charge in [-0.1, -0.05) is 26.3 Å². The van der Waals surface area contributed by atoms with Crippen molar-refractivity contribution < 1.29 is 14.3 Å². The number of carbonyl (C=O) groups is 1. The monoisotopic (exact) mass is 282 g/mol. The van der Waals surface area contributed by atoms with Gasteiger partial charge in [0.05, 0.1) is 12.0 Å². The third kappa shape index (κ3) is 4.62. The van der Waals surface area contributed by atoms with E-state index in [4.69, 9.17) is 9.47 Å². The predicted molar refractivity (Wildman–Crippen MR) is 81.5 cm³/mol. The maximum Gasteiger partial charge on any atom is 0.309 e. The summed E-state index contributed by atoms with van der Waals surface area (Å²) in [5.41, 5.74) is -0.557. The van der Waals surface area contributed by atoms with Crippen LogP contribution in [0, 0.1) is 11.3 Å². The smallest absolute Gasteiger partial charge is 0.309 e. The Morgan fingerprint density at radius 1 is 1.45 bits per heavy atom. The van der Waals surface area contributed by atoms with Gasteiger partial charge < -0.3 is 9.47 Å². The summed E-state index contributed by atoms with van der Waals surface area (Å²) < 4.78 is 11.5. The molecule has 0 saturated heterocycles. The van der Waals surface area contributed by atoms with Crippen LogP contribution >= 0.6 is 0 Å². The highest BCUT2D eigenvalue weighted by atomic mass is 16.6. The molecule has 1 saturated carbocycles. The second-order valence-corrected chi connectivity index (χ2v) is 7.09. The van der Waals surface area contributed by atoms with Crippen molar-refractivity contribution in [3.05, 3.63) is 12.7 Å². The van der Waals surface area contributed by atoms with E-state index >= 15 is 0 Å². The first-order valence-electron chi connectivity index (χ1n) is 7.70. The summed E-state index contributed by atoms with van der Waals surface area (Å²) in [6.07, 6.45) is 5.69. The Kier molecular flexibility index (Phi) is 5.81. The summed E-state index contributed by atoms with van der Waals surface area (Å²) in [6, 6.07) is 0. The number of unbranched alkanes of at least 4 members (excludes halogenated alkanes) is 1. The van der Waals surface area contributed by atoms with Gasteiger partial charge in [-0.2, -0.15) is 0 Å². The van der Waals surface area contributed by atoms with E-state index in [-0.39, 0.29) is 23.4 Å². The lowest BCUT2D eigenvalue weighted by Crippen LogP contribution is -2.28. The fourth-order valence-electron chi connectivity index (χ4n) is 2.68. The molecule has 0 N–H and O–H groups in total. The molecule has 0 radical (unpaired) electrons. The minimum Gasteiger partial charge on any atom is -0.460 e. The molecular weight excluding hydrogens is 252 g/mol. The number of ether oxygens (including phenoxy) is 2. The number of rotatable bonds is 6. The normalized spacial score (nSPS) is 30.2. The molecule has 1 fully saturated rings. The molecule has 0 aromatic heterocycles. The Morgan fingerprint density at radius 3 is 2.60 bits per heavy atom. The van der Waals surface area contributed by atoms with Crippen LogP contribution in [0.15, 0.2) is 12.7 Å². The lowest BCUT2D eigenvalue weighted by atomic mass is 9.86. The molecule has 1 aliphatic carbocycles. The zero-order valence-corrected chi connectivity index (χ0v) is 13.7. The average Bonchev–Trinajstić information content (AvgIpc) is 2.66. The van der Waals surface area contributed by atoms with E-state index < -0.39 is 5.60 Å². The van der Waals surface area contributed by atoms with E-state index in [9.17, 15) is 4.79 Å². The van der Waals surface area contributed by atoms with Crippen molar-refractivity contribution in [3.63, 3.8) is 0 Å². The van der Waals surface area contributed by atoms with Gasteiger partial charge in [0.1, 0.15) is 5.60 Å². The third-order valence-corrected chi connectivity index (χ3v) is 3.94. The molecule has 3 nitrogen and oxygen atoms in total. The van der Waals surface area contributed by atoms with Gasteiger partial charge in [0.2, 0.25) is 0 Å². The Morgan fingerprint density at radius 2 is 2.10 bits per heavy atom. The van der Waals surface area contributed by atoms with Crippen molar-refractivity contribution in [3.8, 4) is 0 Å². The minimum atomic E-state index is -0.428. The Labute approximate surface area is 123 Å². The van der Waals surface area contributed by atoms with Crippen molar-refractivity contribution in [2.45, 2.75) is 72.0 Å². The van der Waals surface area contributed by atoms with E-state index in [1.54, 1.807) is 0 Å². The van der Waals surface area contributed by atoms with E-state index in [1.165, 1.54) is 0 Å². The third-order valence-electron chi connectivity index (χ3n) is 3.94. The number of esters is 1. The highest BCUT2D eigenvalue weighted by Gasteiger charge is 2.46. The van der Waals surface area contributed by atoms with Crippen molar-refractivity contribution in [1.29, 1.82) is 0 Å². The second-order valence-electron chi connectivity index (χ2n) is 7.09. The number of hydrogen-bond acceptors (Lipinski definition) is 3. The van der Waals surface area contributed by atoms with Gasteiger partial charge in [-0.15, -0.1) is 6.58 Å². The van der Waals surface area contributed by atoms with Crippen LogP contribution in [0.2, 0.25) is 0 Å². The highest BCUT2D eigenvalue weighted by molar-refractivity contribution is 5.73. The molecule has 0 amide bonds.